The van der Waals surface area contributed by atoms with Gasteiger partial charge in [-0.15, -0.1) is 0 Å². The number of aromatic amines is 1. The molecule has 3 aromatic rings. The molecule has 0 atom stereocenters. The van der Waals surface area contributed by atoms with Gasteiger partial charge in [-0.25, -0.2) is 0 Å². The second-order valence-electron chi connectivity index (χ2n) is 6.30. The number of para-hydroxylation sites is 2. The number of nitrogens with one attached hydrogen (secondary N) is 2. The van der Waals surface area contributed by atoms with Crippen LogP contribution in [0.5, 0.6) is 5.75 Å². The van der Waals surface area contributed by atoms with Gasteiger partial charge in [0.2, 0.25) is 0 Å². The minimum Gasteiger partial charge on any atom is -0.497 e. The molecule has 1 aromatic heterocycles. The lowest BCUT2D eigenvalue weighted by Crippen LogP contribution is -2.21. The highest BCUT2D eigenvalue weighted by Crippen LogP contribution is 2.29. The molecule has 5 heteroatoms. The van der Waals surface area contributed by atoms with Gasteiger partial charge in [0.1, 0.15) is 11.4 Å². The number of anilines is 2. The molecule has 0 radical (unpaired) electrons. The smallest absolute Gasteiger partial charge is 0.272 e. The van der Waals surface area contributed by atoms with E-state index in [1.807, 2.05) is 42.5 Å². The number of hydrogen-bond donors (Lipinski definition) is 2. The molecule has 2 N–H and O–H groups in total. The third-order valence-corrected chi connectivity index (χ3v) is 4.67. The first kappa shape index (κ1) is 15.6. The molecule has 0 unspecified atom stereocenters. The number of nitrogens with zero attached hydrogens (tertiary/aromatic N) is 1. The van der Waals surface area contributed by atoms with E-state index in [1.165, 1.54) is 12.8 Å². The topological polar surface area (TPSA) is 57.4 Å². The molecule has 0 aliphatic carbocycles. The molecule has 2 aromatic carbocycles. The lowest BCUT2D eigenvalue weighted by atomic mass is 10.2. The Balaban J connectivity index is 1.60. The van der Waals surface area contributed by atoms with Crippen molar-refractivity contribution in [2.45, 2.75) is 12.8 Å². The largest absolute Gasteiger partial charge is 0.497 e. The van der Waals surface area contributed by atoms with Gasteiger partial charge >= 0.3 is 0 Å². The Morgan fingerprint density at radius 1 is 1.12 bits per heavy atom. The summed E-state index contributed by atoms with van der Waals surface area (Å²) >= 11 is 0. The van der Waals surface area contributed by atoms with E-state index in [-0.39, 0.29) is 5.91 Å². The van der Waals surface area contributed by atoms with E-state index in [4.69, 9.17) is 4.74 Å². The average Bonchev–Trinajstić information content (AvgIpc) is 3.31. The molecule has 4 rings (SSSR count). The maximum absolute atomic E-state index is 12.7. The highest BCUT2D eigenvalue weighted by atomic mass is 16.5. The van der Waals surface area contributed by atoms with Crippen LogP contribution in [0.2, 0.25) is 0 Å². The number of fused-ring (bicyclic) bond motifs is 1. The highest BCUT2D eigenvalue weighted by Gasteiger charge is 2.17. The van der Waals surface area contributed by atoms with Gasteiger partial charge in [-0.05, 0) is 49.2 Å². The summed E-state index contributed by atoms with van der Waals surface area (Å²) in [5.41, 5.74) is 3.40. The molecule has 128 valence electrons. The second kappa shape index (κ2) is 6.51. The van der Waals surface area contributed by atoms with E-state index in [9.17, 15) is 4.79 Å². The van der Waals surface area contributed by atoms with Crippen LogP contribution >= 0.6 is 0 Å². The minimum absolute atomic E-state index is 0.137. The molecule has 25 heavy (non-hydrogen) atoms. The summed E-state index contributed by atoms with van der Waals surface area (Å²) in [5, 5.41) is 4.01. The number of carbonyl (C=O) groups excluding carboxylic acids is 1. The lowest BCUT2D eigenvalue weighted by Gasteiger charge is -2.21. The van der Waals surface area contributed by atoms with Crippen molar-refractivity contribution in [2.75, 3.05) is 30.4 Å². The number of aromatic nitrogens is 1. The summed E-state index contributed by atoms with van der Waals surface area (Å²) < 4.78 is 5.24. The van der Waals surface area contributed by atoms with Crippen molar-refractivity contribution in [3.63, 3.8) is 0 Å². The number of hydrogen-bond acceptors (Lipinski definition) is 3. The molecular formula is C20H21N3O2. The molecule has 5 nitrogen and oxygen atoms in total. The average molecular weight is 335 g/mol. The number of rotatable bonds is 4. The summed E-state index contributed by atoms with van der Waals surface area (Å²) in [6.45, 7) is 2.08. The van der Waals surface area contributed by atoms with E-state index >= 15 is 0 Å². The SMILES string of the molecule is COc1ccc2[nH]c(C(=O)Nc3ccccc3N3CCCC3)cc2c1. The maximum Gasteiger partial charge on any atom is 0.272 e. The first-order chi connectivity index (χ1) is 12.2. The molecule has 1 saturated heterocycles. The third kappa shape index (κ3) is 3.05. The van der Waals surface area contributed by atoms with E-state index in [2.05, 4.69) is 21.3 Å². The number of methoxy groups -OCH3 is 1. The van der Waals surface area contributed by atoms with Crippen LogP contribution in [0.15, 0.2) is 48.5 Å². The van der Waals surface area contributed by atoms with E-state index in [0.29, 0.717) is 5.69 Å². The third-order valence-electron chi connectivity index (χ3n) is 4.67. The molecule has 2 heterocycles. The van der Waals surface area contributed by atoms with Crippen molar-refractivity contribution in [2.24, 2.45) is 0 Å². The van der Waals surface area contributed by atoms with Crippen molar-refractivity contribution >= 4 is 28.2 Å². The molecule has 0 spiro atoms. The number of benzene rings is 2. The van der Waals surface area contributed by atoms with Crippen LogP contribution in [0.1, 0.15) is 23.3 Å². The van der Waals surface area contributed by atoms with Gasteiger partial charge in [-0.3, -0.25) is 4.79 Å². The lowest BCUT2D eigenvalue weighted by molar-refractivity contribution is 0.102. The number of ether oxygens (including phenoxy) is 1. The molecule has 1 aliphatic rings. The van der Waals surface area contributed by atoms with Crippen LogP contribution in [-0.2, 0) is 0 Å². The van der Waals surface area contributed by atoms with Crippen molar-refractivity contribution in [1.82, 2.24) is 4.98 Å². The van der Waals surface area contributed by atoms with Gasteiger partial charge in [0, 0.05) is 24.0 Å². The van der Waals surface area contributed by atoms with Gasteiger partial charge < -0.3 is 19.9 Å². The van der Waals surface area contributed by atoms with Gasteiger partial charge in [0.15, 0.2) is 0 Å². The van der Waals surface area contributed by atoms with Crippen LogP contribution in [0.25, 0.3) is 10.9 Å². The zero-order valence-electron chi connectivity index (χ0n) is 14.2. The van der Waals surface area contributed by atoms with Crippen LogP contribution in [0.4, 0.5) is 11.4 Å². The minimum atomic E-state index is -0.137. The van der Waals surface area contributed by atoms with E-state index < -0.39 is 0 Å². The van der Waals surface area contributed by atoms with Crippen LogP contribution in [-0.4, -0.2) is 31.1 Å². The summed E-state index contributed by atoms with van der Waals surface area (Å²) in [7, 11) is 1.64. The van der Waals surface area contributed by atoms with Gasteiger partial charge in [-0.2, -0.15) is 0 Å². The summed E-state index contributed by atoms with van der Waals surface area (Å²) in [6.07, 6.45) is 2.40. The van der Waals surface area contributed by atoms with Gasteiger partial charge in [0.25, 0.3) is 5.91 Å². The standard InChI is InChI=1S/C20H21N3O2/c1-25-15-8-9-16-14(12-15)13-18(21-16)20(24)22-17-6-2-3-7-19(17)23-10-4-5-11-23/h2-3,6-9,12-13,21H,4-5,10-11H2,1H3,(H,22,24). The molecule has 1 fully saturated rings. The zero-order chi connectivity index (χ0) is 17.2. The predicted octanol–water partition coefficient (Wildman–Crippen LogP) is 4.03. The molecule has 0 bridgehead atoms. The van der Waals surface area contributed by atoms with Gasteiger partial charge in [-0.1, -0.05) is 12.1 Å². The fourth-order valence-corrected chi connectivity index (χ4v) is 3.36. The predicted molar refractivity (Wildman–Crippen MR) is 101 cm³/mol. The Hall–Kier alpha value is -2.95. The first-order valence-corrected chi connectivity index (χ1v) is 8.57. The summed E-state index contributed by atoms with van der Waals surface area (Å²) in [5.74, 6) is 0.639. The Kier molecular flexibility index (Phi) is 4.06. The second-order valence-corrected chi connectivity index (χ2v) is 6.30. The quantitative estimate of drug-likeness (QED) is 0.757. The fraction of sp³-hybridized carbons (Fsp3) is 0.250. The summed E-state index contributed by atoms with van der Waals surface area (Å²) in [6, 6.07) is 15.6. The Morgan fingerprint density at radius 3 is 2.72 bits per heavy atom. The van der Waals surface area contributed by atoms with Gasteiger partial charge in [0.05, 0.1) is 18.5 Å². The van der Waals surface area contributed by atoms with Crippen molar-refractivity contribution in [3.8, 4) is 5.75 Å². The van der Waals surface area contributed by atoms with Crippen LogP contribution in [0, 0.1) is 0 Å². The van der Waals surface area contributed by atoms with Crippen LogP contribution < -0.4 is 15.0 Å². The monoisotopic (exact) mass is 335 g/mol. The summed E-state index contributed by atoms with van der Waals surface area (Å²) in [4.78, 5) is 18.2. The zero-order valence-corrected chi connectivity index (χ0v) is 14.2. The number of carbonyl (C=O) groups is 1. The van der Waals surface area contributed by atoms with E-state index in [1.54, 1.807) is 7.11 Å². The highest BCUT2D eigenvalue weighted by molar-refractivity contribution is 6.07. The maximum atomic E-state index is 12.7. The Bertz CT molecular complexity index is 910. The number of amides is 1. The Labute approximate surface area is 146 Å². The molecule has 0 saturated carbocycles. The number of H-pyrrole nitrogens is 1. The van der Waals surface area contributed by atoms with Crippen molar-refractivity contribution < 1.29 is 9.53 Å². The van der Waals surface area contributed by atoms with Crippen molar-refractivity contribution in [3.05, 3.63) is 54.2 Å². The normalized spacial score (nSPS) is 14.0. The first-order valence-electron chi connectivity index (χ1n) is 8.57. The molecule has 1 amide bonds. The van der Waals surface area contributed by atoms with Crippen molar-refractivity contribution in [1.29, 1.82) is 0 Å². The molecule has 1 aliphatic heterocycles. The van der Waals surface area contributed by atoms with Crippen LogP contribution in [0.3, 0.4) is 0 Å². The fourth-order valence-electron chi connectivity index (χ4n) is 3.36. The van der Waals surface area contributed by atoms with E-state index in [0.717, 1.165) is 41.1 Å². The Morgan fingerprint density at radius 2 is 1.92 bits per heavy atom. The molecular weight excluding hydrogens is 314 g/mol.